The van der Waals surface area contributed by atoms with Crippen LogP contribution in [0, 0.1) is 6.92 Å². The number of carbonyl (C=O) groups is 1. The van der Waals surface area contributed by atoms with Gasteiger partial charge in [-0.15, -0.1) is 11.3 Å². The van der Waals surface area contributed by atoms with Gasteiger partial charge < -0.3 is 9.64 Å². The van der Waals surface area contributed by atoms with Gasteiger partial charge in [-0.1, -0.05) is 12.1 Å². The van der Waals surface area contributed by atoms with Crippen molar-refractivity contribution in [3.8, 4) is 5.75 Å². The molecule has 0 radical (unpaired) electrons. The molecule has 1 fully saturated rings. The first-order valence-electron chi connectivity index (χ1n) is 8.37. The van der Waals surface area contributed by atoms with E-state index in [0.717, 1.165) is 62.1 Å². The Morgan fingerprint density at radius 3 is 2.88 bits per heavy atom. The van der Waals surface area contributed by atoms with Gasteiger partial charge in [0.2, 0.25) is 0 Å². The summed E-state index contributed by atoms with van der Waals surface area (Å²) in [6, 6.07) is 6.51. The van der Waals surface area contributed by atoms with Crippen LogP contribution in [0.15, 0.2) is 23.7 Å². The lowest BCUT2D eigenvalue weighted by Gasteiger charge is -2.34. The topological polar surface area (TPSA) is 45.7 Å². The van der Waals surface area contributed by atoms with Gasteiger partial charge in [0.25, 0.3) is 5.91 Å². The van der Waals surface area contributed by atoms with E-state index in [9.17, 15) is 4.79 Å². The number of aryl methyl sites for hydroxylation is 1. The van der Waals surface area contributed by atoms with E-state index in [0.29, 0.717) is 0 Å². The van der Waals surface area contributed by atoms with Crippen molar-refractivity contribution >= 4 is 17.2 Å². The van der Waals surface area contributed by atoms with Crippen molar-refractivity contribution in [3.63, 3.8) is 0 Å². The fourth-order valence-corrected chi connectivity index (χ4v) is 4.13. The zero-order chi connectivity index (χ0) is 16.5. The minimum absolute atomic E-state index is 0.129. The molecule has 0 unspecified atom stereocenters. The van der Waals surface area contributed by atoms with E-state index in [1.54, 1.807) is 5.51 Å². The molecule has 0 bridgehead atoms. The Kier molecular flexibility index (Phi) is 4.24. The standard InChI is InChI=1S/C18H21N3O2S/c1-13-17(24-12-19-13)18(22)21-7-5-20(6-8-21)11-14-2-3-16-15(10-14)4-9-23-16/h2-3,10,12H,4-9,11H2,1H3. The van der Waals surface area contributed by atoms with E-state index in [1.807, 2.05) is 11.8 Å². The van der Waals surface area contributed by atoms with Crippen LogP contribution in [0.3, 0.4) is 0 Å². The Morgan fingerprint density at radius 1 is 1.29 bits per heavy atom. The van der Waals surface area contributed by atoms with Crippen molar-refractivity contribution in [1.82, 2.24) is 14.8 Å². The highest BCUT2D eigenvalue weighted by atomic mass is 32.1. The summed E-state index contributed by atoms with van der Waals surface area (Å²) in [6.45, 7) is 7.03. The number of nitrogens with zero attached hydrogens (tertiary/aromatic N) is 3. The van der Waals surface area contributed by atoms with Crippen molar-refractivity contribution in [3.05, 3.63) is 45.4 Å². The SMILES string of the molecule is Cc1ncsc1C(=O)N1CCN(Cc2ccc3c(c2)CCO3)CC1. The third-order valence-electron chi connectivity index (χ3n) is 4.76. The van der Waals surface area contributed by atoms with E-state index in [1.165, 1.54) is 22.5 Å². The van der Waals surface area contributed by atoms with Crippen LogP contribution in [0.5, 0.6) is 5.75 Å². The van der Waals surface area contributed by atoms with E-state index in [-0.39, 0.29) is 5.91 Å². The molecule has 0 aliphatic carbocycles. The number of benzene rings is 1. The molecular formula is C18H21N3O2S. The summed E-state index contributed by atoms with van der Waals surface area (Å²) >= 11 is 1.44. The van der Waals surface area contributed by atoms with Crippen LogP contribution in [-0.2, 0) is 13.0 Å². The Labute approximate surface area is 145 Å². The van der Waals surface area contributed by atoms with Crippen LogP contribution in [0.1, 0.15) is 26.5 Å². The summed E-state index contributed by atoms with van der Waals surface area (Å²) in [4.78, 5) is 21.9. The van der Waals surface area contributed by atoms with Gasteiger partial charge in [0.15, 0.2) is 0 Å². The second kappa shape index (κ2) is 6.53. The van der Waals surface area contributed by atoms with Crippen LogP contribution in [0.4, 0.5) is 0 Å². The third kappa shape index (κ3) is 3.03. The van der Waals surface area contributed by atoms with Crippen molar-refractivity contribution in [2.75, 3.05) is 32.8 Å². The van der Waals surface area contributed by atoms with Crippen molar-refractivity contribution in [2.24, 2.45) is 0 Å². The number of thiazole rings is 1. The van der Waals surface area contributed by atoms with E-state index in [2.05, 4.69) is 28.1 Å². The number of amides is 1. The second-order valence-electron chi connectivity index (χ2n) is 6.38. The lowest BCUT2D eigenvalue weighted by Crippen LogP contribution is -2.48. The molecule has 0 spiro atoms. The minimum Gasteiger partial charge on any atom is -0.493 e. The first kappa shape index (κ1) is 15.6. The molecule has 0 atom stereocenters. The molecule has 1 aromatic heterocycles. The van der Waals surface area contributed by atoms with Crippen LogP contribution in [0.25, 0.3) is 0 Å². The number of carbonyl (C=O) groups excluding carboxylic acids is 1. The Bertz CT molecular complexity index is 750. The smallest absolute Gasteiger partial charge is 0.265 e. The number of hydrogen-bond acceptors (Lipinski definition) is 5. The zero-order valence-electron chi connectivity index (χ0n) is 13.8. The summed E-state index contributed by atoms with van der Waals surface area (Å²) in [5, 5.41) is 0. The van der Waals surface area contributed by atoms with Crippen molar-refractivity contribution in [2.45, 2.75) is 19.9 Å². The predicted molar refractivity (Wildman–Crippen MR) is 93.7 cm³/mol. The summed E-state index contributed by atoms with van der Waals surface area (Å²) in [7, 11) is 0. The monoisotopic (exact) mass is 343 g/mol. The highest BCUT2D eigenvalue weighted by Crippen LogP contribution is 2.26. The molecule has 1 amide bonds. The van der Waals surface area contributed by atoms with Gasteiger partial charge in [-0.3, -0.25) is 9.69 Å². The lowest BCUT2D eigenvalue weighted by atomic mass is 10.1. The molecule has 2 aromatic rings. The van der Waals surface area contributed by atoms with Gasteiger partial charge in [0.05, 0.1) is 17.8 Å². The quantitative estimate of drug-likeness (QED) is 0.858. The normalized spacial score (nSPS) is 17.6. The van der Waals surface area contributed by atoms with E-state index in [4.69, 9.17) is 4.74 Å². The van der Waals surface area contributed by atoms with Gasteiger partial charge in [-0.25, -0.2) is 4.98 Å². The summed E-state index contributed by atoms with van der Waals surface area (Å²) in [5.74, 6) is 1.17. The maximum atomic E-state index is 12.5. The highest BCUT2D eigenvalue weighted by Gasteiger charge is 2.24. The molecule has 3 heterocycles. The molecule has 5 nitrogen and oxygen atoms in total. The first-order valence-corrected chi connectivity index (χ1v) is 9.25. The summed E-state index contributed by atoms with van der Waals surface area (Å²) in [6.07, 6.45) is 1.01. The van der Waals surface area contributed by atoms with E-state index >= 15 is 0 Å². The lowest BCUT2D eigenvalue weighted by molar-refractivity contribution is 0.0632. The number of aromatic nitrogens is 1. The number of rotatable bonds is 3. The van der Waals surface area contributed by atoms with Gasteiger partial charge in [-0.05, 0) is 24.1 Å². The Morgan fingerprint density at radius 2 is 2.12 bits per heavy atom. The molecule has 0 N–H and O–H groups in total. The van der Waals surface area contributed by atoms with Crippen LogP contribution < -0.4 is 4.74 Å². The number of fused-ring (bicyclic) bond motifs is 1. The molecule has 0 saturated carbocycles. The molecule has 24 heavy (non-hydrogen) atoms. The van der Waals surface area contributed by atoms with Crippen LogP contribution in [0.2, 0.25) is 0 Å². The highest BCUT2D eigenvalue weighted by molar-refractivity contribution is 7.11. The molecule has 4 rings (SSSR count). The average Bonchev–Trinajstić information content (AvgIpc) is 3.23. The average molecular weight is 343 g/mol. The summed E-state index contributed by atoms with van der Waals surface area (Å²) in [5.41, 5.74) is 5.24. The number of piperazine rings is 1. The van der Waals surface area contributed by atoms with Crippen LogP contribution in [-0.4, -0.2) is 53.5 Å². The molecule has 126 valence electrons. The molecular weight excluding hydrogens is 322 g/mol. The van der Waals surface area contributed by atoms with Crippen molar-refractivity contribution in [1.29, 1.82) is 0 Å². The number of ether oxygens (including phenoxy) is 1. The zero-order valence-corrected chi connectivity index (χ0v) is 14.6. The summed E-state index contributed by atoms with van der Waals surface area (Å²) < 4.78 is 5.57. The maximum Gasteiger partial charge on any atom is 0.265 e. The molecule has 6 heteroatoms. The van der Waals surface area contributed by atoms with Gasteiger partial charge >= 0.3 is 0 Å². The van der Waals surface area contributed by atoms with Gasteiger partial charge in [-0.2, -0.15) is 0 Å². The van der Waals surface area contributed by atoms with Gasteiger partial charge in [0.1, 0.15) is 10.6 Å². The third-order valence-corrected chi connectivity index (χ3v) is 5.68. The van der Waals surface area contributed by atoms with Crippen LogP contribution >= 0.6 is 11.3 Å². The largest absolute Gasteiger partial charge is 0.493 e. The Balaban J connectivity index is 1.35. The maximum absolute atomic E-state index is 12.5. The van der Waals surface area contributed by atoms with E-state index < -0.39 is 0 Å². The fraction of sp³-hybridized carbons (Fsp3) is 0.444. The molecule has 1 saturated heterocycles. The predicted octanol–water partition coefficient (Wildman–Crippen LogP) is 2.34. The van der Waals surface area contributed by atoms with Gasteiger partial charge in [0, 0.05) is 39.1 Å². The molecule has 2 aliphatic rings. The molecule has 1 aromatic carbocycles. The minimum atomic E-state index is 0.129. The second-order valence-corrected chi connectivity index (χ2v) is 7.23. The number of hydrogen-bond donors (Lipinski definition) is 0. The first-order chi connectivity index (χ1) is 11.7. The molecule has 2 aliphatic heterocycles. The fourth-order valence-electron chi connectivity index (χ4n) is 3.36. The van der Waals surface area contributed by atoms with Crippen molar-refractivity contribution < 1.29 is 9.53 Å². The Hall–Kier alpha value is -1.92.